The number of hydrogen-bond donors (Lipinski definition) is 2. The average molecular weight is 185 g/mol. The molecule has 0 aromatic carbocycles. The highest BCUT2D eigenvalue weighted by molar-refractivity contribution is 5.76. The summed E-state index contributed by atoms with van der Waals surface area (Å²) in [5, 5.41) is 6.20. The zero-order valence-corrected chi connectivity index (χ0v) is 7.96. The van der Waals surface area contributed by atoms with Crippen LogP contribution in [0.1, 0.15) is 19.3 Å². The molecule has 2 N–H and O–H groups in total. The second-order valence-electron chi connectivity index (χ2n) is 3.07. The zero-order valence-electron chi connectivity index (χ0n) is 7.96. The Balaban J connectivity index is 2.33. The summed E-state index contributed by atoms with van der Waals surface area (Å²) >= 11 is 0. The van der Waals surface area contributed by atoms with E-state index in [1.165, 1.54) is 0 Å². The summed E-state index contributed by atoms with van der Waals surface area (Å²) in [7, 11) is 3.20. The molecule has 2 amide bonds. The fraction of sp³-hybridized carbons (Fsp3) is 0.750. The minimum absolute atomic E-state index is 0.235. The Morgan fingerprint density at radius 2 is 2.31 bits per heavy atom. The molecule has 5 nitrogen and oxygen atoms in total. The van der Waals surface area contributed by atoms with Crippen molar-refractivity contribution in [3.05, 3.63) is 0 Å². The molecule has 1 fully saturated rings. The largest absolute Gasteiger partial charge is 0.372 e. The van der Waals surface area contributed by atoms with Gasteiger partial charge in [-0.2, -0.15) is 5.10 Å². The molecule has 0 heterocycles. The summed E-state index contributed by atoms with van der Waals surface area (Å²) in [5.74, 6) is 0. The minimum Gasteiger partial charge on any atom is -0.372 e. The van der Waals surface area contributed by atoms with Crippen molar-refractivity contribution < 1.29 is 9.53 Å². The van der Waals surface area contributed by atoms with E-state index in [-0.39, 0.29) is 11.6 Å². The first-order valence-electron chi connectivity index (χ1n) is 4.29. The number of nitrogens with one attached hydrogen (secondary N) is 2. The maximum absolute atomic E-state index is 10.7. The molecule has 0 aromatic rings. The number of carbonyl (C=O) groups excluding carboxylic acids is 1. The first kappa shape index (κ1) is 9.98. The maximum atomic E-state index is 10.7. The number of rotatable bonds is 3. The van der Waals surface area contributed by atoms with Gasteiger partial charge in [0.2, 0.25) is 0 Å². The van der Waals surface area contributed by atoms with E-state index in [1.54, 1.807) is 20.4 Å². The number of nitrogens with zero attached hydrogens (tertiary/aromatic N) is 1. The Morgan fingerprint density at radius 3 is 2.69 bits per heavy atom. The van der Waals surface area contributed by atoms with E-state index >= 15 is 0 Å². The Hall–Kier alpha value is -1.10. The monoisotopic (exact) mass is 185 g/mol. The third kappa shape index (κ3) is 2.42. The van der Waals surface area contributed by atoms with Gasteiger partial charge in [0, 0.05) is 14.2 Å². The summed E-state index contributed by atoms with van der Waals surface area (Å²) in [6.45, 7) is 0. The molecule has 13 heavy (non-hydrogen) atoms. The maximum Gasteiger partial charge on any atom is 0.334 e. The molecule has 0 atom stereocenters. The molecule has 0 saturated heterocycles. The lowest BCUT2D eigenvalue weighted by Gasteiger charge is -2.36. The van der Waals surface area contributed by atoms with Gasteiger partial charge in [-0.25, -0.2) is 10.2 Å². The van der Waals surface area contributed by atoms with Crippen molar-refractivity contribution in [1.82, 2.24) is 10.7 Å². The van der Waals surface area contributed by atoms with E-state index in [9.17, 15) is 4.79 Å². The van der Waals surface area contributed by atoms with Crippen LogP contribution in [0.15, 0.2) is 5.10 Å². The van der Waals surface area contributed by atoms with Crippen LogP contribution in [0.3, 0.4) is 0 Å². The summed E-state index contributed by atoms with van der Waals surface area (Å²) in [5.41, 5.74) is 2.09. The molecule has 0 radical (unpaired) electrons. The van der Waals surface area contributed by atoms with Crippen LogP contribution < -0.4 is 10.7 Å². The Kier molecular flexibility index (Phi) is 3.25. The molecule has 0 unspecified atom stereocenters. The fourth-order valence-corrected chi connectivity index (χ4v) is 1.18. The third-order valence-electron chi connectivity index (χ3n) is 2.30. The summed E-state index contributed by atoms with van der Waals surface area (Å²) < 4.78 is 5.27. The topological polar surface area (TPSA) is 62.7 Å². The van der Waals surface area contributed by atoms with Gasteiger partial charge in [0.15, 0.2) is 0 Å². The molecular formula is C8H15N3O2. The second-order valence-corrected chi connectivity index (χ2v) is 3.07. The zero-order chi connectivity index (χ0) is 9.73. The molecule has 1 aliphatic carbocycles. The predicted molar refractivity (Wildman–Crippen MR) is 49.7 cm³/mol. The van der Waals surface area contributed by atoms with Gasteiger partial charge in [-0.15, -0.1) is 0 Å². The van der Waals surface area contributed by atoms with E-state index in [4.69, 9.17) is 4.74 Å². The highest BCUT2D eigenvalue weighted by Gasteiger charge is 2.35. The van der Waals surface area contributed by atoms with E-state index in [0.717, 1.165) is 19.3 Å². The lowest BCUT2D eigenvalue weighted by atomic mass is 9.81. The van der Waals surface area contributed by atoms with Crippen molar-refractivity contribution in [2.24, 2.45) is 5.10 Å². The van der Waals surface area contributed by atoms with Gasteiger partial charge < -0.3 is 10.1 Å². The van der Waals surface area contributed by atoms with Gasteiger partial charge in [0.1, 0.15) is 5.60 Å². The Morgan fingerprint density at radius 1 is 1.62 bits per heavy atom. The van der Waals surface area contributed by atoms with Gasteiger partial charge in [-0.05, 0) is 19.3 Å². The molecule has 5 heteroatoms. The number of amides is 2. The SMILES string of the molecule is CNC(=O)N/N=C/C1(OC)CCC1. The molecular weight excluding hydrogens is 170 g/mol. The predicted octanol–water partition coefficient (Wildman–Crippen LogP) is 0.470. The van der Waals surface area contributed by atoms with Gasteiger partial charge in [-0.3, -0.25) is 0 Å². The van der Waals surface area contributed by atoms with Crippen LogP contribution in [0.2, 0.25) is 0 Å². The van der Waals surface area contributed by atoms with Crippen molar-refractivity contribution in [3.63, 3.8) is 0 Å². The van der Waals surface area contributed by atoms with Crippen molar-refractivity contribution in [2.75, 3.05) is 14.2 Å². The number of urea groups is 1. The fourth-order valence-electron chi connectivity index (χ4n) is 1.18. The van der Waals surface area contributed by atoms with Gasteiger partial charge in [-0.1, -0.05) is 0 Å². The lowest BCUT2D eigenvalue weighted by Crippen LogP contribution is -2.41. The molecule has 0 aliphatic heterocycles. The Bertz CT molecular complexity index is 206. The van der Waals surface area contributed by atoms with Crippen molar-refractivity contribution >= 4 is 12.2 Å². The molecule has 1 aliphatic rings. The van der Waals surface area contributed by atoms with Crippen molar-refractivity contribution in [2.45, 2.75) is 24.9 Å². The summed E-state index contributed by atoms with van der Waals surface area (Å²) in [4.78, 5) is 10.7. The minimum atomic E-state index is -0.318. The van der Waals surface area contributed by atoms with E-state index in [2.05, 4.69) is 15.8 Å². The van der Waals surface area contributed by atoms with Crippen LogP contribution in [-0.2, 0) is 4.74 Å². The lowest BCUT2D eigenvalue weighted by molar-refractivity contribution is -0.00845. The molecule has 0 bridgehead atoms. The summed E-state index contributed by atoms with van der Waals surface area (Å²) in [6, 6.07) is -0.318. The highest BCUT2D eigenvalue weighted by atomic mass is 16.5. The van der Waals surface area contributed by atoms with Crippen molar-refractivity contribution in [1.29, 1.82) is 0 Å². The first-order valence-corrected chi connectivity index (χ1v) is 4.29. The van der Waals surface area contributed by atoms with Gasteiger partial charge >= 0.3 is 6.03 Å². The molecule has 0 spiro atoms. The number of carbonyl (C=O) groups is 1. The van der Waals surface area contributed by atoms with Crippen molar-refractivity contribution in [3.8, 4) is 0 Å². The van der Waals surface area contributed by atoms with Crippen LogP contribution >= 0.6 is 0 Å². The standard InChI is InChI=1S/C8H15N3O2/c1-9-7(12)11-10-6-8(13-2)4-3-5-8/h6H,3-5H2,1-2H3,(H2,9,11,12)/b10-6+. The molecule has 1 saturated carbocycles. The van der Waals surface area contributed by atoms with Crippen LogP contribution in [0.25, 0.3) is 0 Å². The second kappa shape index (κ2) is 4.23. The Labute approximate surface area is 77.5 Å². The number of methoxy groups -OCH3 is 1. The van der Waals surface area contributed by atoms with Crippen LogP contribution in [-0.4, -0.2) is 32.0 Å². The van der Waals surface area contributed by atoms with Gasteiger partial charge in [0.05, 0.1) is 6.21 Å². The number of ether oxygens (including phenoxy) is 1. The highest BCUT2D eigenvalue weighted by Crippen LogP contribution is 2.32. The van der Waals surface area contributed by atoms with Crippen LogP contribution in [0.4, 0.5) is 4.79 Å². The quantitative estimate of drug-likeness (QED) is 0.496. The smallest absolute Gasteiger partial charge is 0.334 e. The van der Waals surface area contributed by atoms with Gasteiger partial charge in [0.25, 0.3) is 0 Å². The van der Waals surface area contributed by atoms with E-state index < -0.39 is 0 Å². The first-order chi connectivity index (χ1) is 6.22. The van der Waals surface area contributed by atoms with E-state index in [0.29, 0.717) is 0 Å². The third-order valence-corrected chi connectivity index (χ3v) is 2.30. The van der Waals surface area contributed by atoms with Crippen LogP contribution in [0.5, 0.6) is 0 Å². The molecule has 0 aromatic heterocycles. The normalized spacial score (nSPS) is 19.5. The number of hydrogen-bond acceptors (Lipinski definition) is 3. The molecule has 1 rings (SSSR count). The average Bonchev–Trinajstić information content (AvgIpc) is 2.09. The van der Waals surface area contributed by atoms with E-state index in [1.807, 2.05) is 0 Å². The molecule has 74 valence electrons. The van der Waals surface area contributed by atoms with Crippen LogP contribution in [0, 0.1) is 0 Å². The summed E-state index contributed by atoms with van der Waals surface area (Å²) in [6.07, 6.45) is 4.76. The number of hydrazone groups is 1.